The lowest BCUT2D eigenvalue weighted by atomic mass is 10.0. The highest BCUT2D eigenvalue weighted by Crippen LogP contribution is 2.25. The first-order valence-corrected chi connectivity index (χ1v) is 5.15. The molecule has 2 N–H and O–H groups in total. The number of likely N-dealkylation sites (N-methyl/N-ethyl adjacent to an activating group) is 1. The van der Waals surface area contributed by atoms with Crippen LogP contribution < -0.4 is 10.6 Å². The zero-order chi connectivity index (χ0) is 13.1. The third-order valence-electron chi connectivity index (χ3n) is 2.52. The summed E-state index contributed by atoms with van der Waals surface area (Å²) in [6.45, 7) is 0.243. The molecule has 1 unspecified atom stereocenters. The number of alkyl halides is 3. The predicted molar refractivity (Wildman–Crippen MR) is 53.1 cm³/mol. The first kappa shape index (κ1) is 13.8. The molecule has 0 saturated carbocycles. The third-order valence-corrected chi connectivity index (χ3v) is 2.52. The molecule has 2 amide bonds. The van der Waals surface area contributed by atoms with E-state index in [-0.39, 0.29) is 25.5 Å². The molecular weight excluding hydrogens is 239 g/mol. The van der Waals surface area contributed by atoms with Crippen LogP contribution in [0.15, 0.2) is 0 Å². The molecule has 8 heteroatoms. The van der Waals surface area contributed by atoms with E-state index in [0.717, 1.165) is 4.90 Å². The molecule has 0 aromatic rings. The minimum absolute atomic E-state index is 0.0579. The van der Waals surface area contributed by atoms with E-state index in [9.17, 15) is 22.8 Å². The summed E-state index contributed by atoms with van der Waals surface area (Å²) in [6, 6.07) is -0.551. The van der Waals surface area contributed by atoms with Gasteiger partial charge in [0, 0.05) is 13.1 Å². The van der Waals surface area contributed by atoms with Gasteiger partial charge >= 0.3 is 12.1 Å². The van der Waals surface area contributed by atoms with Gasteiger partial charge in [0.2, 0.25) is 5.91 Å². The molecule has 1 aliphatic heterocycles. The number of halogens is 3. The highest BCUT2D eigenvalue weighted by molar-refractivity contribution is 5.83. The molecule has 0 spiro atoms. The molecule has 5 nitrogen and oxygen atoms in total. The number of carbonyl (C=O) groups excluding carboxylic acids is 2. The molecule has 1 fully saturated rings. The van der Waals surface area contributed by atoms with Crippen molar-refractivity contribution < 1.29 is 22.8 Å². The predicted octanol–water partition coefficient (Wildman–Crippen LogP) is -0.515. The highest BCUT2D eigenvalue weighted by Gasteiger charge is 2.47. The largest absolute Gasteiger partial charge is 0.471 e. The van der Waals surface area contributed by atoms with Crippen molar-refractivity contribution in [2.24, 2.45) is 0 Å². The Morgan fingerprint density at radius 3 is 2.47 bits per heavy atom. The molecule has 1 rings (SSSR count). The number of nitrogens with one attached hydrogen (secondary N) is 2. The van der Waals surface area contributed by atoms with Gasteiger partial charge in [-0.3, -0.25) is 9.59 Å². The Morgan fingerprint density at radius 1 is 1.41 bits per heavy atom. The van der Waals surface area contributed by atoms with E-state index in [1.165, 1.54) is 0 Å². The first-order valence-electron chi connectivity index (χ1n) is 5.15. The summed E-state index contributed by atoms with van der Waals surface area (Å²) in [5, 5.41) is 5.07. The van der Waals surface area contributed by atoms with Crippen LogP contribution in [-0.4, -0.2) is 55.6 Å². The highest BCUT2D eigenvalue weighted by atomic mass is 19.4. The van der Waals surface area contributed by atoms with E-state index in [2.05, 4.69) is 10.6 Å². The van der Waals surface area contributed by atoms with Crippen molar-refractivity contribution in [2.45, 2.75) is 18.6 Å². The summed E-state index contributed by atoms with van der Waals surface area (Å²) >= 11 is 0. The summed E-state index contributed by atoms with van der Waals surface area (Å²) in [5.74, 6) is -2.14. The minimum atomic E-state index is -4.84. The second-order valence-electron chi connectivity index (χ2n) is 3.77. The fourth-order valence-electron chi connectivity index (χ4n) is 1.54. The molecule has 1 atom stereocenters. The van der Waals surface area contributed by atoms with Gasteiger partial charge in [0.25, 0.3) is 0 Å². The lowest BCUT2D eigenvalue weighted by Crippen LogP contribution is -2.59. The number of nitrogens with zero attached hydrogens (tertiary/aromatic N) is 1. The molecule has 0 aromatic heterocycles. The average molecular weight is 253 g/mol. The zero-order valence-electron chi connectivity index (χ0n) is 9.30. The smallest absolute Gasteiger partial charge is 0.353 e. The van der Waals surface area contributed by atoms with Crippen molar-refractivity contribution in [3.63, 3.8) is 0 Å². The van der Waals surface area contributed by atoms with E-state index in [1.54, 1.807) is 7.05 Å². The second kappa shape index (κ2) is 5.35. The van der Waals surface area contributed by atoms with Crippen molar-refractivity contribution in [1.82, 2.24) is 15.5 Å². The Kier molecular flexibility index (Phi) is 4.33. The number of hydrogen-bond acceptors (Lipinski definition) is 3. The molecular formula is C9H14F3N3O2. The van der Waals surface area contributed by atoms with Crippen LogP contribution in [0.3, 0.4) is 0 Å². The molecule has 0 aliphatic carbocycles. The Balaban J connectivity index is 2.37. The van der Waals surface area contributed by atoms with Crippen LogP contribution in [0.5, 0.6) is 0 Å². The Bertz CT molecular complexity index is 306. The summed E-state index contributed by atoms with van der Waals surface area (Å²) in [7, 11) is 1.59. The van der Waals surface area contributed by atoms with Crippen LogP contribution in [0.25, 0.3) is 0 Å². The van der Waals surface area contributed by atoms with E-state index < -0.39 is 18.1 Å². The van der Waals surface area contributed by atoms with Crippen LogP contribution in [0.1, 0.15) is 6.42 Å². The topological polar surface area (TPSA) is 61.4 Å². The first-order chi connectivity index (χ1) is 7.86. The van der Waals surface area contributed by atoms with Crippen LogP contribution in [0, 0.1) is 0 Å². The summed E-state index contributed by atoms with van der Waals surface area (Å²) in [6.07, 6.45) is -4.37. The van der Waals surface area contributed by atoms with Crippen LogP contribution in [-0.2, 0) is 9.59 Å². The zero-order valence-corrected chi connectivity index (χ0v) is 9.30. The van der Waals surface area contributed by atoms with Crippen LogP contribution in [0.2, 0.25) is 0 Å². The summed E-state index contributed by atoms with van der Waals surface area (Å²) in [4.78, 5) is 22.7. The second-order valence-corrected chi connectivity index (χ2v) is 3.77. The van der Waals surface area contributed by atoms with Gasteiger partial charge in [-0.15, -0.1) is 0 Å². The molecule has 1 saturated heterocycles. The van der Waals surface area contributed by atoms with Gasteiger partial charge in [0.15, 0.2) is 0 Å². The lowest BCUT2D eigenvalue weighted by molar-refractivity contribution is -0.192. The molecule has 0 aromatic carbocycles. The van der Waals surface area contributed by atoms with E-state index in [4.69, 9.17) is 0 Å². The number of hydrogen-bond donors (Lipinski definition) is 2. The fraction of sp³-hybridized carbons (Fsp3) is 0.778. The summed E-state index contributed by atoms with van der Waals surface area (Å²) < 4.78 is 36.4. The van der Waals surface area contributed by atoms with Gasteiger partial charge < -0.3 is 15.5 Å². The molecule has 17 heavy (non-hydrogen) atoms. The van der Waals surface area contributed by atoms with Gasteiger partial charge in [-0.05, 0) is 13.5 Å². The maximum absolute atomic E-state index is 12.1. The van der Waals surface area contributed by atoms with Gasteiger partial charge in [0.05, 0.1) is 12.6 Å². The third kappa shape index (κ3) is 3.58. The van der Waals surface area contributed by atoms with E-state index in [1.807, 2.05) is 0 Å². The summed E-state index contributed by atoms with van der Waals surface area (Å²) in [5.41, 5.74) is 0. The maximum Gasteiger partial charge on any atom is 0.471 e. The molecule has 98 valence electrons. The Labute approximate surface area is 96.3 Å². The molecule has 0 bridgehead atoms. The number of likely N-dealkylation sites (tertiary alicyclic amines) is 1. The number of carbonyl (C=O) groups is 2. The fourth-order valence-corrected chi connectivity index (χ4v) is 1.54. The van der Waals surface area contributed by atoms with Gasteiger partial charge in [-0.2, -0.15) is 13.2 Å². The van der Waals surface area contributed by atoms with Crippen molar-refractivity contribution >= 4 is 11.8 Å². The van der Waals surface area contributed by atoms with Gasteiger partial charge in [-0.25, -0.2) is 0 Å². The molecule has 0 radical (unpaired) electrons. The number of rotatable bonds is 4. The Hall–Kier alpha value is -1.31. The van der Waals surface area contributed by atoms with Crippen LogP contribution in [0.4, 0.5) is 13.2 Å². The van der Waals surface area contributed by atoms with Gasteiger partial charge in [0.1, 0.15) is 0 Å². The van der Waals surface area contributed by atoms with Crippen molar-refractivity contribution in [1.29, 1.82) is 0 Å². The van der Waals surface area contributed by atoms with Crippen molar-refractivity contribution in [3.05, 3.63) is 0 Å². The van der Waals surface area contributed by atoms with Gasteiger partial charge in [-0.1, -0.05) is 0 Å². The minimum Gasteiger partial charge on any atom is -0.353 e. The standard InChI is InChI=1S/C9H14F3N3O2/c1-13-5-7(16)14-4-6-2-3-15(6)8(17)9(10,11)12/h6,13H,2-5H2,1H3,(H,14,16). The quantitative estimate of drug-likeness (QED) is 0.709. The van der Waals surface area contributed by atoms with E-state index in [0.29, 0.717) is 6.42 Å². The monoisotopic (exact) mass is 253 g/mol. The lowest BCUT2D eigenvalue weighted by Gasteiger charge is -2.41. The molecule has 1 aliphatic rings. The van der Waals surface area contributed by atoms with Crippen molar-refractivity contribution in [3.8, 4) is 0 Å². The van der Waals surface area contributed by atoms with E-state index >= 15 is 0 Å². The number of amides is 2. The Morgan fingerprint density at radius 2 is 2.06 bits per heavy atom. The molecule has 1 heterocycles. The maximum atomic E-state index is 12.1. The normalized spacial score (nSPS) is 19.8. The van der Waals surface area contributed by atoms with Crippen molar-refractivity contribution in [2.75, 3.05) is 26.7 Å². The average Bonchev–Trinajstić information content (AvgIpc) is 2.15. The van der Waals surface area contributed by atoms with Crippen LogP contribution >= 0.6 is 0 Å². The SMILES string of the molecule is CNCC(=O)NCC1CCN1C(=O)C(F)(F)F.